The highest BCUT2D eigenvalue weighted by atomic mass is 32.1. The van der Waals surface area contributed by atoms with E-state index in [0.717, 1.165) is 22.6 Å². The number of ether oxygens (including phenoxy) is 1. The molecule has 7 nitrogen and oxygen atoms in total. The Hall–Kier alpha value is -4.04. The molecule has 0 saturated heterocycles. The number of nitrogens with one attached hydrogen (secondary N) is 1. The van der Waals surface area contributed by atoms with Gasteiger partial charge in [0.1, 0.15) is 5.75 Å². The quantitative estimate of drug-likeness (QED) is 0.341. The molecule has 1 unspecified atom stereocenters. The van der Waals surface area contributed by atoms with Crippen LogP contribution < -0.4 is 10.1 Å². The number of hydrogen-bond donors (Lipinski definition) is 1. The van der Waals surface area contributed by atoms with Gasteiger partial charge in [0.05, 0.1) is 10.6 Å². The lowest BCUT2D eigenvalue weighted by Gasteiger charge is -2.15. The molecule has 170 valence electrons. The van der Waals surface area contributed by atoms with Crippen LogP contribution in [0.15, 0.2) is 78.2 Å². The van der Waals surface area contributed by atoms with Gasteiger partial charge in [0.2, 0.25) is 0 Å². The number of benzene rings is 2. The van der Waals surface area contributed by atoms with E-state index in [-0.39, 0.29) is 5.91 Å². The summed E-state index contributed by atoms with van der Waals surface area (Å²) in [4.78, 5) is 13.7. The molecule has 0 aliphatic heterocycles. The minimum atomic E-state index is -0.643. The molecule has 0 aliphatic carbocycles. The molecule has 5 aromatic rings. The number of aryl methyl sites for hydroxylation is 1. The summed E-state index contributed by atoms with van der Waals surface area (Å²) < 4.78 is 7.55. The van der Waals surface area contributed by atoms with E-state index < -0.39 is 6.10 Å². The minimum Gasteiger partial charge on any atom is -0.481 e. The standard InChI is InChI=1S/C26H23N5O2S/c1-3-18-9-11-21(12-10-18)33-17(2)26(32)27-20-7-4-6-19(16-20)22-13-14-24-28-29-25(31(24)30-22)23-8-5-15-34-23/h4-17H,3H2,1-2H3,(H,27,32). The van der Waals surface area contributed by atoms with Gasteiger partial charge in [-0.15, -0.1) is 21.5 Å². The molecule has 3 heterocycles. The van der Waals surface area contributed by atoms with Crippen LogP contribution in [0.5, 0.6) is 5.75 Å². The summed E-state index contributed by atoms with van der Waals surface area (Å²) in [6, 6.07) is 23.1. The molecule has 0 fully saturated rings. The number of thiophene rings is 1. The van der Waals surface area contributed by atoms with Gasteiger partial charge in [-0.25, -0.2) is 0 Å². The van der Waals surface area contributed by atoms with E-state index >= 15 is 0 Å². The Morgan fingerprint density at radius 2 is 1.91 bits per heavy atom. The summed E-state index contributed by atoms with van der Waals surface area (Å²) in [5.74, 6) is 1.15. The maximum Gasteiger partial charge on any atom is 0.265 e. The van der Waals surface area contributed by atoms with E-state index in [1.54, 1.807) is 22.8 Å². The highest BCUT2D eigenvalue weighted by molar-refractivity contribution is 7.13. The normalized spacial score (nSPS) is 11.9. The first-order valence-corrected chi connectivity index (χ1v) is 11.9. The van der Waals surface area contributed by atoms with Crippen molar-refractivity contribution in [2.45, 2.75) is 26.4 Å². The predicted octanol–water partition coefficient (Wildman–Crippen LogP) is 5.49. The topological polar surface area (TPSA) is 81.4 Å². The van der Waals surface area contributed by atoms with E-state index in [9.17, 15) is 4.79 Å². The fourth-order valence-corrected chi connectivity index (χ4v) is 4.26. The van der Waals surface area contributed by atoms with Crippen molar-refractivity contribution in [3.8, 4) is 27.7 Å². The van der Waals surface area contributed by atoms with E-state index in [4.69, 9.17) is 9.84 Å². The highest BCUT2D eigenvalue weighted by Gasteiger charge is 2.16. The number of rotatable bonds is 7. The smallest absolute Gasteiger partial charge is 0.265 e. The molecule has 2 aromatic carbocycles. The number of aromatic nitrogens is 4. The van der Waals surface area contributed by atoms with Gasteiger partial charge in [-0.05, 0) is 66.8 Å². The Morgan fingerprint density at radius 3 is 2.68 bits per heavy atom. The number of nitrogens with zero attached hydrogens (tertiary/aromatic N) is 4. The van der Waals surface area contributed by atoms with E-state index in [0.29, 0.717) is 22.9 Å². The summed E-state index contributed by atoms with van der Waals surface area (Å²) in [5, 5.41) is 18.2. The van der Waals surface area contributed by atoms with Crippen LogP contribution in [-0.2, 0) is 11.2 Å². The Bertz CT molecular complexity index is 1430. The Balaban J connectivity index is 1.33. The summed E-state index contributed by atoms with van der Waals surface area (Å²) in [5.41, 5.74) is 4.19. The van der Waals surface area contributed by atoms with Crippen molar-refractivity contribution in [2.24, 2.45) is 0 Å². The number of hydrogen-bond acceptors (Lipinski definition) is 6. The highest BCUT2D eigenvalue weighted by Crippen LogP contribution is 2.26. The van der Waals surface area contributed by atoms with Crippen molar-refractivity contribution in [3.63, 3.8) is 0 Å². The zero-order valence-electron chi connectivity index (χ0n) is 18.8. The molecule has 1 atom stereocenters. The summed E-state index contributed by atoms with van der Waals surface area (Å²) in [7, 11) is 0. The number of carbonyl (C=O) groups is 1. The SMILES string of the molecule is CCc1ccc(OC(C)C(=O)Nc2cccc(-c3ccc4nnc(-c5cccs5)n4n3)c2)cc1. The molecule has 1 amide bonds. The lowest BCUT2D eigenvalue weighted by Crippen LogP contribution is -2.30. The molecule has 0 spiro atoms. The minimum absolute atomic E-state index is 0.223. The molecular weight excluding hydrogens is 446 g/mol. The van der Waals surface area contributed by atoms with Crippen molar-refractivity contribution in [3.05, 3.63) is 83.7 Å². The second kappa shape index (κ2) is 9.44. The van der Waals surface area contributed by atoms with Crippen LogP contribution in [0.2, 0.25) is 0 Å². The molecule has 5 rings (SSSR count). The van der Waals surface area contributed by atoms with Crippen molar-refractivity contribution in [2.75, 3.05) is 5.32 Å². The van der Waals surface area contributed by atoms with E-state index in [2.05, 4.69) is 22.4 Å². The molecular formula is C26H23N5O2S. The maximum atomic E-state index is 12.7. The second-order valence-corrected chi connectivity index (χ2v) is 8.76. The number of fused-ring (bicyclic) bond motifs is 1. The fraction of sp³-hybridized carbons (Fsp3) is 0.154. The monoisotopic (exact) mass is 469 g/mol. The van der Waals surface area contributed by atoms with Gasteiger partial charge in [-0.1, -0.05) is 37.3 Å². The van der Waals surface area contributed by atoms with Gasteiger partial charge in [0, 0.05) is 11.3 Å². The number of carbonyl (C=O) groups excluding carboxylic acids is 1. The zero-order valence-corrected chi connectivity index (χ0v) is 19.6. The van der Waals surface area contributed by atoms with Crippen molar-refractivity contribution in [1.29, 1.82) is 0 Å². The second-order valence-electron chi connectivity index (χ2n) is 7.82. The third kappa shape index (κ3) is 4.53. The van der Waals surface area contributed by atoms with E-state index in [1.165, 1.54) is 5.56 Å². The fourth-order valence-electron chi connectivity index (χ4n) is 3.56. The van der Waals surface area contributed by atoms with Crippen LogP contribution in [0, 0.1) is 0 Å². The predicted molar refractivity (Wildman–Crippen MR) is 134 cm³/mol. The maximum absolute atomic E-state index is 12.7. The molecule has 3 aromatic heterocycles. The van der Waals surface area contributed by atoms with Crippen LogP contribution in [0.4, 0.5) is 5.69 Å². The molecule has 1 N–H and O–H groups in total. The van der Waals surface area contributed by atoms with Crippen molar-refractivity contribution >= 4 is 28.6 Å². The molecule has 0 radical (unpaired) electrons. The van der Waals surface area contributed by atoms with Crippen molar-refractivity contribution in [1.82, 2.24) is 19.8 Å². The van der Waals surface area contributed by atoms with Gasteiger partial charge >= 0.3 is 0 Å². The number of anilines is 1. The Kier molecular flexibility index (Phi) is 6.05. The average molecular weight is 470 g/mol. The van der Waals surface area contributed by atoms with Gasteiger partial charge < -0.3 is 10.1 Å². The third-order valence-corrected chi connectivity index (χ3v) is 6.31. The van der Waals surface area contributed by atoms with Crippen molar-refractivity contribution < 1.29 is 9.53 Å². The largest absolute Gasteiger partial charge is 0.481 e. The van der Waals surface area contributed by atoms with E-state index in [1.807, 2.05) is 78.2 Å². The summed E-state index contributed by atoms with van der Waals surface area (Å²) >= 11 is 1.59. The lowest BCUT2D eigenvalue weighted by molar-refractivity contribution is -0.122. The summed E-state index contributed by atoms with van der Waals surface area (Å²) in [6.45, 7) is 3.84. The van der Waals surface area contributed by atoms with Gasteiger partial charge in [-0.2, -0.15) is 9.61 Å². The number of amides is 1. The van der Waals surface area contributed by atoms with Crippen LogP contribution >= 0.6 is 11.3 Å². The third-order valence-electron chi connectivity index (χ3n) is 5.44. The Labute approximate surface area is 201 Å². The lowest BCUT2D eigenvalue weighted by atomic mass is 10.1. The first-order valence-electron chi connectivity index (χ1n) is 11.0. The van der Waals surface area contributed by atoms with Crippen LogP contribution in [0.1, 0.15) is 19.4 Å². The van der Waals surface area contributed by atoms with Crippen LogP contribution in [-0.4, -0.2) is 31.8 Å². The summed E-state index contributed by atoms with van der Waals surface area (Å²) in [6.07, 6.45) is 0.317. The first-order chi connectivity index (χ1) is 16.6. The average Bonchev–Trinajstić information content (AvgIpc) is 3.54. The van der Waals surface area contributed by atoms with Gasteiger partial charge in [-0.3, -0.25) is 4.79 Å². The van der Waals surface area contributed by atoms with Crippen LogP contribution in [0.25, 0.3) is 27.6 Å². The van der Waals surface area contributed by atoms with Gasteiger partial charge in [0.25, 0.3) is 5.91 Å². The molecule has 8 heteroatoms. The molecule has 0 saturated carbocycles. The zero-order chi connectivity index (χ0) is 23.5. The molecule has 0 bridgehead atoms. The molecule has 0 aliphatic rings. The Morgan fingerprint density at radius 1 is 1.06 bits per heavy atom. The van der Waals surface area contributed by atoms with Gasteiger partial charge in [0.15, 0.2) is 17.6 Å². The van der Waals surface area contributed by atoms with Crippen LogP contribution in [0.3, 0.4) is 0 Å². The first kappa shape index (κ1) is 21.8. The molecule has 34 heavy (non-hydrogen) atoms.